The summed E-state index contributed by atoms with van der Waals surface area (Å²) in [4.78, 5) is 26.6. The summed E-state index contributed by atoms with van der Waals surface area (Å²) in [6.45, 7) is 3.51. The molecule has 120 valence electrons. The number of carboxylic acid groups (broad SMARTS) is 1. The van der Waals surface area contributed by atoms with Crippen LogP contribution in [0.1, 0.15) is 25.7 Å². The molecule has 2 fully saturated rings. The maximum atomic E-state index is 12.2. The fourth-order valence-corrected chi connectivity index (χ4v) is 4.04. The number of nitrogens with one attached hydrogen (secondary N) is 1. The van der Waals surface area contributed by atoms with Gasteiger partial charge in [0, 0.05) is 38.0 Å². The molecule has 0 aromatic rings. The standard InChI is InChI=1S/C14H25N3O3S/c18-13(19)11-16-5-3-6-17(8-7-16)14(20)15-10-12-4-1-2-9-21-12/h12H,1-11H2,(H,15,20)(H,18,19). The summed E-state index contributed by atoms with van der Waals surface area (Å²) in [5.41, 5.74) is 0. The monoisotopic (exact) mass is 315 g/mol. The maximum Gasteiger partial charge on any atom is 0.317 e. The Labute approximate surface area is 130 Å². The number of urea groups is 1. The fourth-order valence-electron chi connectivity index (χ4n) is 2.80. The van der Waals surface area contributed by atoms with Gasteiger partial charge in [0.2, 0.25) is 0 Å². The van der Waals surface area contributed by atoms with E-state index in [0.29, 0.717) is 24.9 Å². The van der Waals surface area contributed by atoms with Gasteiger partial charge in [-0.3, -0.25) is 9.69 Å². The largest absolute Gasteiger partial charge is 0.480 e. The van der Waals surface area contributed by atoms with Crippen LogP contribution >= 0.6 is 11.8 Å². The van der Waals surface area contributed by atoms with E-state index in [4.69, 9.17) is 5.11 Å². The zero-order chi connectivity index (χ0) is 15.1. The molecule has 6 nitrogen and oxygen atoms in total. The first-order valence-electron chi connectivity index (χ1n) is 7.73. The van der Waals surface area contributed by atoms with Gasteiger partial charge in [-0.25, -0.2) is 4.79 Å². The van der Waals surface area contributed by atoms with Gasteiger partial charge in [0.25, 0.3) is 0 Å². The van der Waals surface area contributed by atoms with Gasteiger partial charge < -0.3 is 15.3 Å². The molecule has 0 radical (unpaired) electrons. The number of carboxylic acids is 1. The molecule has 2 aliphatic heterocycles. The van der Waals surface area contributed by atoms with Gasteiger partial charge in [-0.1, -0.05) is 6.42 Å². The van der Waals surface area contributed by atoms with Crippen LogP contribution in [0, 0.1) is 0 Å². The Balaban J connectivity index is 1.70. The first-order chi connectivity index (χ1) is 10.1. The lowest BCUT2D eigenvalue weighted by molar-refractivity contribution is -0.138. The number of hydrogen-bond acceptors (Lipinski definition) is 4. The van der Waals surface area contributed by atoms with Gasteiger partial charge >= 0.3 is 12.0 Å². The number of nitrogens with zero attached hydrogens (tertiary/aromatic N) is 2. The molecule has 0 aromatic carbocycles. The van der Waals surface area contributed by atoms with Crippen LogP contribution in [-0.4, -0.2) is 77.2 Å². The lowest BCUT2D eigenvalue weighted by Crippen LogP contribution is -2.44. The van der Waals surface area contributed by atoms with Crippen molar-refractivity contribution in [2.24, 2.45) is 0 Å². The Morgan fingerprint density at radius 3 is 2.71 bits per heavy atom. The van der Waals surface area contributed by atoms with Crippen molar-refractivity contribution in [3.05, 3.63) is 0 Å². The molecule has 0 bridgehead atoms. The zero-order valence-corrected chi connectivity index (χ0v) is 13.2. The predicted molar refractivity (Wildman–Crippen MR) is 83.8 cm³/mol. The van der Waals surface area contributed by atoms with E-state index in [1.165, 1.54) is 25.0 Å². The number of rotatable bonds is 4. The molecule has 1 atom stereocenters. The van der Waals surface area contributed by atoms with Crippen LogP contribution in [0.4, 0.5) is 4.79 Å². The molecule has 1 unspecified atom stereocenters. The molecule has 2 aliphatic rings. The minimum Gasteiger partial charge on any atom is -0.480 e. The Hall–Kier alpha value is -0.950. The van der Waals surface area contributed by atoms with E-state index in [9.17, 15) is 9.59 Å². The van der Waals surface area contributed by atoms with Crippen molar-refractivity contribution in [2.45, 2.75) is 30.9 Å². The molecule has 0 spiro atoms. The zero-order valence-electron chi connectivity index (χ0n) is 12.4. The highest BCUT2D eigenvalue weighted by molar-refractivity contribution is 7.99. The minimum absolute atomic E-state index is 0.00153. The van der Waals surface area contributed by atoms with E-state index in [0.717, 1.165) is 19.5 Å². The summed E-state index contributed by atoms with van der Waals surface area (Å²) in [6.07, 6.45) is 4.58. The summed E-state index contributed by atoms with van der Waals surface area (Å²) in [5.74, 6) is 0.399. The Morgan fingerprint density at radius 1 is 1.14 bits per heavy atom. The molecular weight excluding hydrogens is 290 g/mol. The average molecular weight is 315 g/mol. The van der Waals surface area contributed by atoms with E-state index in [-0.39, 0.29) is 12.6 Å². The Bertz CT molecular complexity index is 361. The second-order valence-corrected chi connectivity index (χ2v) is 7.09. The lowest BCUT2D eigenvalue weighted by atomic mass is 10.2. The third-order valence-corrected chi connectivity index (χ3v) is 5.39. The van der Waals surface area contributed by atoms with Gasteiger partial charge in [0.05, 0.1) is 6.54 Å². The van der Waals surface area contributed by atoms with Crippen molar-refractivity contribution < 1.29 is 14.7 Å². The fraction of sp³-hybridized carbons (Fsp3) is 0.857. The molecule has 2 amide bonds. The van der Waals surface area contributed by atoms with Gasteiger partial charge in [0.1, 0.15) is 0 Å². The van der Waals surface area contributed by atoms with Crippen LogP contribution in [0.3, 0.4) is 0 Å². The first-order valence-corrected chi connectivity index (χ1v) is 8.78. The highest BCUT2D eigenvalue weighted by atomic mass is 32.2. The average Bonchev–Trinajstić information content (AvgIpc) is 2.71. The normalized spacial score (nSPS) is 24.4. The smallest absolute Gasteiger partial charge is 0.317 e. The number of aliphatic carboxylic acids is 1. The summed E-state index contributed by atoms with van der Waals surface area (Å²) < 4.78 is 0. The maximum absolute atomic E-state index is 12.2. The summed E-state index contributed by atoms with van der Waals surface area (Å²) in [7, 11) is 0. The van der Waals surface area contributed by atoms with E-state index < -0.39 is 5.97 Å². The van der Waals surface area contributed by atoms with Crippen molar-refractivity contribution in [2.75, 3.05) is 45.0 Å². The highest BCUT2D eigenvalue weighted by Gasteiger charge is 2.21. The third kappa shape index (κ3) is 5.74. The number of carbonyl (C=O) groups is 2. The second kappa shape index (κ2) is 8.48. The predicted octanol–water partition coefficient (Wildman–Crippen LogP) is 1.07. The molecule has 0 saturated carbocycles. The molecule has 7 heteroatoms. The summed E-state index contributed by atoms with van der Waals surface area (Å²) in [6, 6.07) is -0.00153. The van der Waals surface area contributed by atoms with Crippen LogP contribution in [0.2, 0.25) is 0 Å². The minimum atomic E-state index is -0.803. The number of thioether (sulfide) groups is 1. The van der Waals surface area contributed by atoms with E-state index in [1.54, 1.807) is 0 Å². The first kappa shape index (κ1) is 16.4. The summed E-state index contributed by atoms with van der Waals surface area (Å²) >= 11 is 1.96. The number of hydrogen-bond donors (Lipinski definition) is 2. The van der Waals surface area contributed by atoms with Gasteiger partial charge in [-0.05, 0) is 25.0 Å². The topological polar surface area (TPSA) is 72.9 Å². The van der Waals surface area contributed by atoms with Crippen molar-refractivity contribution >= 4 is 23.8 Å². The number of amides is 2. The van der Waals surface area contributed by atoms with Crippen LogP contribution in [-0.2, 0) is 4.79 Å². The van der Waals surface area contributed by atoms with E-state index in [2.05, 4.69) is 5.32 Å². The molecular formula is C14H25N3O3S. The van der Waals surface area contributed by atoms with E-state index in [1.807, 2.05) is 21.6 Å². The quantitative estimate of drug-likeness (QED) is 0.812. The SMILES string of the molecule is O=C(O)CN1CCCN(C(=O)NCC2CCCCS2)CC1. The van der Waals surface area contributed by atoms with Gasteiger partial charge in [-0.2, -0.15) is 11.8 Å². The highest BCUT2D eigenvalue weighted by Crippen LogP contribution is 2.24. The van der Waals surface area contributed by atoms with E-state index >= 15 is 0 Å². The van der Waals surface area contributed by atoms with Gasteiger partial charge in [-0.15, -0.1) is 0 Å². The van der Waals surface area contributed by atoms with Crippen LogP contribution in [0.15, 0.2) is 0 Å². The second-order valence-electron chi connectivity index (χ2n) is 5.69. The van der Waals surface area contributed by atoms with Gasteiger partial charge in [0.15, 0.2) is 0 Å². The van der Waals surface area contributed by atoms with Crippen LogP contribution < -0.4 is 5.32 Å². The molecule has 0 aromatic heterocycles. The Morgan fingerprint density at radius 2 is 2.00 bits per heavy atom. The molecule has 21 heavy (non-hydrogen) atoms. The van der Waals surface area contributed by atoms with Crippen molar-refractivity contribution in [3.8, 4) is 0 Å². The lowest BCUT2D eigenvalue weighted by Gasteiger charge is -2.25. The number of carbonyl (C=O) groups excluding carboxylic acids is 1. The summed E-state index contributed by atoms with van der Waals surface area (Å²) in [5, 5.41) is 12.4. The third-order valence-electron chi connectivity index (χ3n) is 3.99. The van der Waals surface area contributed by atoms with Crippen molar-refractivity contribution in [1.29, 1.82) is 0 Å². The molecule has 2 saturated heterocycles. The molecule has 2 N–H and O–H groups in total. The molecule has 2 heterocycles. The van der Waals surface area contributed by atoms with Crippen LogP contribution in [0.5, 0.6) is 0 Å². The molecule has 0 aliphatic carbocycles. The Kier molecular flexibility index (Phi) is 6.63. The van der Waals surface area contributed by atoms with Crippen LogP contribution in [0.25, 0.3) is 0 Å². The molecule has 2 rings (SSSR count). The van der Waals surface area contributed by atoms with Crippen molar-refractivity contribution in [3.63, 3.8) is 0 Å². The van der Waals surface area contributed by atoms with Crippen molar-refractivity contribution in [1.82, 2.24) is 15.1 Å².